The molecule has 2 unspecified atom stereocenters. The fraction of sp³-hybridized carbons (Fsp3) is 0.538. The van der Waals surface area contributed by atoms with Crippen molar-refractivity contribution in [2.24, 2.45) is 5.92 Å². The van der Waals surface area contributed by atoms with Crippen LogP contribution in [0.1, 0.15) is 44.4 Å². The highest BCUT2D eigenvalue weighted by atomic mass is 16.3. The van der Waals surface area contributed by atoms with Crippen molar-refractivity contribution >= 4 is 0 Å². The molecule has 0 spiro atoms. The first-order valence-corrected chi connectivity index (χ1v) is 5.30. The van der Waals surface area contributed by atoms with Crippen LogP contribution in [0.4, 0.5) is 0 Å². The summed E-state index contributed by atoms with van der Waals surface area (Å²) >= 11 is 0. The average molecular weight is 190 g/mol. The molecule has 14 heavy (non-hydrogen) atoms. The van der Waals surface area contributed by atoms with E-state index < -0.39 is 0 Å². The largest absolute Gasteiger partial charge is 0.388 e. The number of hydrogen-bond donors (Lipinski definition) is 1. The summed E-state index contributed by atoms with van der Waals surface area (Å²) in [5.74, 6) is 0.361. The predicted octanol–water partition coefficient (Wildman–Crippen LogP) is 3.04. The molecule has 0 aromatic heterocycles. The second kappa shape index (κ2) is 3.09. The quantitative estimate of drug-likeness (QED) is 0.666. The maximum Gasteiger partial charge on any atom is 0.0818 e. The van der Waals surface area contributed by atoms with Crippen LogP contribution >= 0.6 is 0 Å². The van der Waals surface area contributed by atoms with Crippen molar-refractivity contribution in [3.05, 3.63) is 35.4 Å². The summed E-state index contributed by atoms with van der Waals surface area (Å²) in [4.78, 5) is 0. The zero-order valence-electron chi connectivity index (χ0n) is 9.12. The van der Waals surface area contributed by atoms with E-state index in [-0.39, 0.29) is 11.5 Å². The molecule has 1 aliphatic carbocycles. The van der Waals surface area contributed by atoms with Gasteiger partial charge in [-0.1, -0.05) is 45.0 Å². The molecule has 0 saturated heterocycles. The van der Waals surface area contributed by atoms with Crippen molar-refractivity contribution in [1.29, 1.82) is 0 Å². The molecule has 1 N–H and O–H groups in total. The van der Waals surface area contributed by atoms with Crippen molar-refractivity contribution < 1.29 is 5.11 Å². The van der Waals surface area contributed by atoms with Gasteiger partial charge in [0.25, 0.3) is 0 Å². The number of fused-ring (bicyclic) bond motifs is 1. The highest BCUT2D eigenvalue weighted by Gasteiger charge is 2.35. The minimum atomic E-state index is -0.278. The topological polar surface area (TPSA) is 20.2 Å². The van der Waals surface area contributed by atoms with Crippen molar-refractivity contribution in [3.63, 3.8) is 0 Å². The van der Waals surface area contributed by atoms with Crippen LogP contribution in [0.15, 0.2) is 24.3 Å². The van der Waals surface area contributed by atoms with Gasteiger partial charge in [-0.05, 0) is 28.9 Å². The Balaban J connectivity index is 2.56. The lowest BCUT2D eigenvalue weighted by atomic mass is 9.68. The average Bonchev–Trinajstić information content (AvgIpc) is 2.14. The Labute approximate surface area is 85.8 Å². The molecule has 2 atom stereocenters. The molecule has 0 amide bonds. The predicted molar refractivity (Wildman–Crippen MR) is 58.2 cm³/mol. The number of benzene rings is 1. The fourth-order valence-electron chi connectivity index (χ4n) is 2.70. The van der Waals surface area contributed by atoms with E-state index in [0.29, 0.717) is 5.92 Å². The van der Waals surface area contributed by atoms with Crippen molar-refractivity contribution in [3.8, 4) is 0 Å². The van der Waals surface area contributed by atoms with E-state index >= 15 is 0 Å². The lowest BCUT2D eigenvalue weighted by Crippen LogP contribution is -2.31. The van der Waals surface area contributed by atoms with Gasteiger partial charge in [0.05, 0.1) is 6.10 Å². The molecule has 1 nitrogen and oxygen atoms in total. The summed E-state index contributed by atoms with van der Waals surface area (Å²) in [7, 11) is 0. The molecule has 0 fully saturated rings. The van der Waals surface area contributed by atoms with Crippen molar-refractivity contribution in [2.45, 2.75) is 38.7 Å². The van der Waals surface area contributed by atoms with Crippen LogP contribution < -0.4 is 0 Å². The van der Waals surface area contributed by atoms with Gasteiger partial charge in [-0.15, -0.1) is 0 Å². The second-order valence-corrected chi connectivity index (χ2v) is 5.10. The number of aliphatic hydroxyl groups is 1. The SMILES string of the molecule is CC1CC(C)(C)c2ccccc2C1O. The third-order valence-corrected chi connectivity index (χ3v) is 3.38. The molecule has 1 heteroatoms. The van der Waals surface area contributed by atoms with Crippen LogP contribution in [0.3, 0.4) is 0 Å². The Morgan fingerprint density at radius 2 is 1.93 bits per heavy atom. The summed E-state index contributed by atoms with van der Waals surface area (Å²) < 4.78 is 0. The first-order valence-electron chi connectivity index (χ1n) is 5.30. The molecule has 0 heterocycles. The Morgan fingerprint density at radius 1 is 1.29 bits per heavy atom. The molecule has 1 aliphatic rings. The summed E-state index contributed by atoms with van der Waals surface area (Å²) in [6.07, 6.45) is 0.782. The number of rotatable bonds is 0. The monoisotopic (exact) mass is 190 g/mol. The van der Waals surface area contributed by atoms with Gasteiger partial charge >= 0.3 is 0 Å². The Hall–Kier alpha value is -0.820. The lowest BCUT2D eigenvalue weighted by molar-refractivity contribution is 0.0842. The van der Waals surface area contributed by atoms with Crippen molar-refractivity contribution in [1.82, 2.24) is 0 Å². The summed E-state index contributed by atoms with van der Waals surface area (Å²) in [5.41, 5.74) is 2.64. The van der Waals surface area contributed by atoms with Gasteiger partial charge in [0.1, 0.15) is 0 Å². The van der Waals surface area contributed by atoms with E-state index in [1.807, 2.05) is 6.07 Å². The Bertz CT molecular complexity index is 341. The van der Waals surface area contributed by atoms with Crippen LogP contribution in [-0.2, 0) is 5.41 Å². The van der Waals surface area contributed by atoms with E-state index in [9.17, 15) is 5.11 Å². The Kier molecular flexibility index (Phi) is 2.15. The van der Waals surface area contributed by atoms with Gasteiger partial charge in [0.15, 0.2) is 0 Å². The summed E-state index contributed by atoms with van der Waals surface area (Å²) in [6.45, 7) is 6.64. The number of aliphatic hydroxyl groups excluding tert-OH is 1. The highest BCUT2D eigenvalue weighted by molar-refractivity contribution is 5.37. The highest BCUT2D eigenvalue weighted by Crippen LogP contribution is 2.44. The molecule has 1 aromatic carbocycles. The minimum absolute atomic E-state index is 0.204. The van der Waals surface area contributed by atoms with E-state index in [2.05, 4.69) is 39.0 Å². The van der Waals surface area contributed by atoms with Crippen LogP contribution in [0, 0.1) is 5.92 Å². The van der Waals surface area contributed by atoms with E-state index in [0.717, 1.165) is 12.0 Å². The van der Waals surface area contributed by atoms with E-state index in [1.54, 1.807) is 0 Å². The molecule has 0 aliphatic heterocycles. The van der Waals surface area contributed by atoms with Gasteiger partial charge in [-0.25, -0.2) is 0 Å². The maximum atomic E-state index is 10.1. The Morgan fingerprint density at radius 3 is 2.64 bits per heavy atom. The number of hydrogen-bond acceptors (Lipinski definition) is 1. The molecule has 1 aromatic rings. The summed E-state index contributed by atoms with van der Waals surface area (Å²) in [5, 5.41) is 10.1. The summed E-state index contributed by atoms with van der Waals surface area (Å²) in [6, 6.07) is 8.27. The third-order valence-electron chi connectivity index (χ3n) is 3.38. The smallest absolute Gasteiger partial charge is 0.0818 e. The molecule has 0 bridgehead atoms. The van der Waals surface area contributed by atoms with Gasteiger partial charge in [-0.3, -0.25) is 0 Å². The third kappa shape index (κ3) is 1.36. The zero-order valence-corrected chi connectivity index (χ0v) is 9.12. The van der Waals surface area contributed by atoms with E-state index in [1.165, 1.54) is 5.56 Å². The standard InChI is InChI=1S/C13H18O/c1-9-8-13(2,3)11-7-5-4-6-10(11)12(9)14/h4-7,9,12,14H,8H2,1-3H3. The first kappa shape index (κ1) is 9.72. The maximum absolute atomic E-state index is 10.1. The molecular formula is C13H18O. The van der Waals surface area contributed by atoms with Crippen molar-refractivity contribution in [2.75, 3.05) is 0 Å². The van der Waals surface area contributed by atoms with Crippen LogP contribution in [0.5, 0.6) is 0 Å². The van der Waals surface area contributed by atoms with E-state index in [4.69, 9.17) is 0 Å². The zero-order chi connectivity index (χ0) is 10.3. The van der Waals surface area contributed by atoms with Gasteiger partial charge in [-0.2, -0.15) is 0 Å². The lowest BCUT2D eigenvalue weighted by Gasteiger charge is -2.39. The molecule has 0 radical (unpaired) electrons. The fourth-order valence-corrected chi connectivity index (χ4v) is 2.70. The minimum Gasteiger partial charge on any atom is -0.388 e. The second-order valence-electron chi connectivity index (χ2n) is 5.10. The molecule has 2 rings (SSSR count). The molecular weight excluding hydrogens is 172 g/mol. The van der Waals surface area contributed by atoms with Crippen LogP contribution in [0.2, 0.25) is 0 Å². The first-order chi connectivity index (χ1) is 6.52. The van der Waals surface area contributed by atoms with Crippen LogP contribution in [0.25, 0.3) is 0 Å². The van der Waals surface area contributed by atoms with Gasteiger partial charge in [0, 0.05) is 0 Å². The van der Waals surface area contributed by atoms with Crippen LogP contribution in [-0.4, -0.2) is 5.11 Å². The van der Waals surface area contributed by atoms with Gasteiger partial charge < -0.3 is 5.11 Å². The van der Waals surface area contributed by atoms with Gasteiger partial charge in [0.2, 0.25) is 0 Å². The molecule has 0 saturated carbocycles. The normalized spacial score (nSPS) is 29.7. The molecule has 76 valence electrons.